The number of aromatic nitrogens is 1. The van der Waals surface area contributed by atoms with Crippen molar-refractivity contribution in [3.63, 3.8) is 0 Å². The molecule has 2 aromatic rings. The van der Waals surface area contributed by atoms with Crippen molar-refractivity contribution in [2.45, 2.75) is 33.3 Å². The van der Waals surface area contributed by atoms with Gasteiger partial charge in [-0.3, -0.25) is 4.84 Å². The molecule has 0 aliphatic carbocycles. The zero-order chi connectivity index (χ0) is 13.1. The van der Waals surface area contributed by atoms with E-state index in [9.17, 15) is 0 Å². The van der Waals surface area contributed by atoms with Crippen molar-refractivity contribution in [2.24, 2.45) is 5.90 Å². The Morgan fingerprint density at radius 1 is 1.28 bits per heavy atom. The number of rotatable bonds is 4. The zero-order valence-electron chi connectivity index (χ0n) is 10.9. The molecule has 1 heterocycles. The molecule has 2 rings (SSSR count). The minimum Gasteiger partial charge on any atom is -0.297 e. The average Bonchev–Trinajstić information content (AvgIpc) is 2.71. The number of thiazole rings is 1. The summed E-state index contributed by atoms with van der Waals surface area (Å²) in [6.45, 7) is 6.83. The quantitative estimate of drug-likeness (QED) is 0.856. The van der Waals surface area contributed by atoms with Gasteiger partial charge in [0, 0.05) is 10.4 Å². The van der Waals surface area contributed by atoms with E-state index in [1.165, 1.54) is 10.4 Å². The SMILES string of the molecule is Cc1sc(CON)nc1-c1ccc(C(C)C)cc1. The average molecular weight is 262 g/mol. The topological polar surface area (TPSA) is 48.1 Å². The second-order valence-corrected chi connectivity index (χ2v) is 5.89. The lowest BCUT2D eigenvalue weighted by Gasteiger charge is -2.06. The lowest BCUT2D eigenvalue weighted by Crippen LogP contribution is -1.98. The van der Waals surface area contributed by atoms with Gasteiger partial charge in [-0.25, -0.2) is 10.9 Å². The predicted molar refractivity (Wildman–Crippen MR) is 75.4 cm³/mol. The van der Waals surface area contributed by atoms with Crippen LogP contribution in [0.1, 0.15) is 35.2 Å². The molecule has 96 valence electrons. The van der Waals surface area contributed by atoms with E-state index >= 15 is 0 Å². The van der Waals surface area contributed by atoms with Gasteiger partial charge in [-0.05, 0) is 18.4 Å². The van der Waals surface area contributed by atoms with Crippen LogP contribution in [-0.2, 0) is 11.4 Å². The molecule has 0 radical (unpaired) electrons. The number of nitrogens with zero attached hydrogens (tertiary/aromatic N) is 1. The molecule has 0 aliphatic heterocycles. The van der Waals surface area contributed by atoms with E-state index < -0.39 is 0 Å². The molecule has 0 saturated heterocycles. The maximum absolute atomic E-state index is 5.08. The van der Waals surface area contributed by atoms with Gasteiger partial charge in [-0.15, -0.1) is 11.3 Å². The summed E-state index contributed by atoms with van der Waals surface area (Å²) >= 11 is 1.63. The molecule has 0 fully saturated rings. The van der Waals surface area contributed by atoms with E-state index in [4.69, 9.17) is 5.90 Å². The molecular weight excluding hydrogens is 244 g/mol. The summed E-state index contributed by atoms with van der Waals surface area (Å²) in [4.78, 5) is 10.4. The van der Waals surface area contributed by atoms with E-state index in [2.05, 4.69) is 54.9 Å². The fraction of sp³-hybridized carbons (Fsp3) is 0.357. The van der Waals surface area contributed by atoms with Gasteiger partial charge in [-0.1, -0.05) is 38.1 Å². The first-order valence-corrected chi connectivity index (χ1v) is 6.81. The van der Waals surface area contributed by atoms with Gasteiger partial charge >= 0.3 is 0 Å². The van der Waals surface area contributed by atoms with Crippen molar-refractivity contribution < 1.29 is 4.84 Å². The molecule has 18 heavy (non-hydrogen) atoms. The standard InChI is InChI=1S/C14H18N2OS/c1-9(2)11-4-6-12(7-5-11)14-10(3)18-13(16-14)8-17-15/h4-7,9H,8,15H2,1-3H3. The molecule has 1 aromatic heterocycles. The maximum atomic E-state index is 5.08. The second kappa shape index (κ2) is 5.61. The minimum absolute atomic E-state index is 0.371. The van der Waals surface area contributed by atoms with Gasteiger partial charge in [-0.2, -0.15) is 0 Å². The van der Waals surface area contributed by atoms with Crippen LogP contribution in [0.3, 0.4) is 0 Å². The molecule has 0 saturated carbocycles. The fourth-order valence-corrected chi connectivity index (χ4v) is 2.76. The highest BCUT2D eigenvalue weighted by Crippen LogP contribution is 2.28. The molecule has 1 aromatic carbocycles. The van der Waals surface area contributed by atoms with Crippen LogP contribution >= 0.6 is 11.3 Å². The van der Waals surface area contributed by atoms with Crippen LogP contribution in [0.4, 0.5) is 0 Å². The van der Waals surface area contributed by atoms with E-state index in [1.807, 2.05) is 0 Å². The maximum Gasteiger partial charge on any atom is 0.121 e. The number of hydrogen-bond acceptors (Lipinski definition) is 4. The molecule has 3 nitrogen and oxygen atoms in total. The van der Waals surface area contributed by atoms with E-state index in [0.717, 1.165) is 16.3 Å². The third-order valence-electron chi connectivity index (χ3n) is 2.90. The Morgan fingerprint density at radius 2 is 1.94 bits per heavy atom. The Labute approximate surface area is 112 Å². The third kappa shape index (κ3) is 2.77. The summed E-state index contributed by atoms with van der Waals surface area (Å²) in [5.41, 5.74) is 3.52. The molecule has 0 atom stereocenters. The zero-order valence-corrected chi connectivity index (χ0v) is 11.8. The van der Waals surface area contributed by atoms with Crippen molar-refractivity contribution in [1.82, 2.24) is 4.98 Å². The summed E-state index contributed by atoms with van der Waals surface area (Å²) in [6.07, 6.45) is 0. The Morgan fingerprint density at radius 3 is 2.50 bits per heavy atom. The lowest BCUT2D eigenvalue weighted by molar-refractivity contribution is 0.124. The van der Waals surface area contributed by atoms with Crippen molar-refractivity contribution >= 4 is 11.3 Å². The van der Waals surface area contributed by atoms with E-state index in [0.29, 0.717) is 12.5 Å². The van der Waals surface area contributed by atoms with Gasteiger partial charge < -0.3 is 0 Å². The highest BCUT2D eigenvalue weighted by Gasteiger charge is 2.10. The Kier molecular flexibility index (Phi) is 4.11. The Bertz CT molecular complexity index is 517. The van der Waals surface area contributed by atoms with Gasteiger partial charge in [0.2, 0.25) is 0 Å². The lowest BCUT2D eigenvalue weighted by atomic mass is 10.0. The minimum atomic E-state index is 0.371. The van der Waals surface area contributed by atoms with Crippen LogP contribution in [0.15, 0.2) is 24.3 Å². The van der Waals surface area contributed by atoms with Crippen LogP contribution in [0.5, 0.6) is 0 Å². The number of benzene rings is 1. The third-order valence-corrected chi connectivity index (χ3v) is 3.84. The Hall–Kier alpha value is -1.23. The van der Waals surface area contributed by atoms with Crippen LogP contribution < -0.4 is 5.90 Å². The monoisotopic (exact) mass is 262 g/mol. The molecule has 0 unspecified atom stereocenters. The van der Waals surface area contributed by atoms with Crippen LogP contribution in [-0.4, -0.2) is 4.98 Å². The van der Waals surface area contributed by atoms with Gasteiger partial charge in [0.1, 0.15) is 11.6 Å². The summed E-state index contributed by atoms with van der Waals surface area (Å²) in [5, 5.41) is 0.915. The van der Waals surface area contributed by atoms with Crippen molar-refractivity contribution in [3.05, 3.63) is 39.7 Å². The molecule has 2 N–H and O–H groups in total. The van der Waals surface area contributed by atoms with Gasteiger partial charge in [0.15, 0.2) is 0 Å². The number of nitrogens with two attached hydrogens (primary N) is 1. The van der Waals surface area contributed by atoms with Crippen molar-refractivity contribution in [2.75, 3.05) is 0 Å². The van der Waals surface area contributed by atoms with Crippen LogP contribution in [0, 0.1) is 6.92 Å². The summed E-state index contributed by atoms with van der Waals surface area (Å²) in [7, 11) is 0. The molecule has 0 spiro atoms. The van der Waals surface area contributed by atoms with Gasteiger partial charge in [0.05, 0.1) is 5.69 Å². The smallest absolute Gasteiger partial charge is 0.121 e. The first-order chi connectivity index (χ1) is 8.61. The van der Waals surface area contributed by atoms with E-state index in [-0.39, 0.29) is 0 Å². The van der Waals surface area contributed by atoms with Crippen molar-refractivity contribution in [3.8, 4) is 11.3 Å². The largest absolute Gasteiger partial charge is 0.297 e. The Balaban J connectivity index is 2.30. The molecule has 4 heteroatoms. The molecule has 0 amide bonds. The predicted octanol–water partition coefficient (Wildman–Crippen LogP) is 3.63. The fourth-order valence-electron chi connectivity index (χ4n) is 1.88. The highest BCUT2D eigenvalue weighted by atomic mass is 32.1. The first kappa shape index (κ1) is 13.2. The number of aryl methyl sites for hydroxylation is 1. The van der Waals surface area contributed by atoms with Crippen LogP contribution in [0.25, 0.3) is 11.3 Å². The van der Waals surface area contributed by atoms with Crippen molar-refractivity contribution in [1.29, 1.82) is 0 Å². The molecule has 0 aliphatic rings. The first-order valence-electron chi connectivity index (χ1n) is 6.00. The summed E-state index contributed by atoms with van der Waals surface area (Å²) in [6, 6.07) is 8.59. The summed E-state index contributed by atoms with van der Waals surface area (Å²) in [5.74, 6) is 5.63. The van der Waals surface area contributed by atoms with E-state index in [1.54, 1.807) is 11.3 Å². The normalized spacial score (nSPS) is 11.2. The molecule has 0 bridgehead atoms. The second-order valence-electron chi connectivity index (χ2n) is 4.60. The summed E-state index contributed by atoms with van der Waals surface area (Å²) < 4.78 is 0. The molecular formula is C14H18N2OS. The van der Waals surface area contributed by atoms with Gasteiger partial charge in [0.25, 0.3) is 0 Å². The number of hydrogen-bond donors (Lipinski definition) is 1. The van der Waals surface area contributed by atoms with Crippen LogP contribution in [0.2, 0.25) is 0 Å². The highest BCUT2D eigenvalue weighted by molar-refractivity contribution is 7.12.